The first-order valence-corrected chi connectivity index (χ1v) is 7.00. The highest BCUT2D eigenvalue weighted by Crippen LogP contribution is 2.35. The van der Waals surface area contributed by atoms with Gasteiger partial charge in [-0.05, 0) is 12.1 Å². The van der Waals surface area contributed by atoms with E-state index in [9.17, 15) is 27.6 Å². The topological polar surface area (TPSA) is 99.6 Å². The summed E-state index contributed by atoms with van der Waals surface area (Å²) in [5, 5.41) is 8.48. The number of hydrogen-bond acceptors (Lipinski definition) is 5. The number of carbonyl (C=O) groups excluding carboxylic acids is 2. The third-order valence-corrected chi connectivity index (χ3v) is 3.81. The molecule has 2 amide bonds. The van der Waals surface area contributed by atoms with Crippen molar-refractivity contribution in [3.05, 3.63) is 22.8 Å². The van der Waals surface area contributed by atoms with Gasteiger partial charge >= 0.3 is 12.1 Å². The molecule has 130 valence electrons. The number of hydrogen-bond donors (Lipinski definition) is 2. The van der Waals surface area contributed by atoms with E-state index in [1.54, 1.807) is 0 Å². The molecule has 7 nitrogen and oxygen atoms in total. The monoisotopic (exact) mass is 365 g/mol. The highest BCUT2D eigenvalue weighted by Gasteiger charge is 2.46. The summed E-state index contributed by atoms with van der Waals surface area (Å²) in [4.78, 5) is 38.4. The number of anilines is 1. The van der Waals surface area contributed by atoms with Crippen LogP contribution in [-0.4, -0.2) is 32.9 Å². The second-order valence-corrected chi connectivity index (χ2v) is 5.51. The highest BCUT2D eigenvalue weighted by atomic mass is 35.5. The van der Waals surface area contributed by atoms with Crippen LogP contribution >= 0.6 is 11.6 Å². The van der Waals surface area contributed by atoms with Crippen molar-refractivity contribution in [2.45, 2.75) is 19.5 Å². The summed E-state index contributed by atoms with van der Waals surface area (Å²) in [6.45, 7) is 1.39. The van der Waals surface area contributed by atoms with Gasteiger partial charge < -0.3 is 5.11 Å². The summed E-state index contributed by atoms with van der Waals surface area (Å²) in [6, 6.07) is 1.56. The number of rotatable bonds is 4. The van der Waals surface area contributed by atoms with Crippen LogP contribution in [0.3, 0.4) is 0 Å². The third-order valence-electron chi connectivity index (χ3n) is 3.53. The summed E-state index contributed by atoms with van der Waals surface area (Å²) in [6.07, 6.45) is -5.23. The molecule has 0 aromatic carbocycles. The van der Waals surface area contributed by atoms with Crippen LogP contribution in [0.4, 0.5) is 19.0 Å². The maximum atomic E-state index is 12.6. The average molecular weight is 366 g/mol. The Bertz CT molecular complexity index is 710. The number of alkyl halides is 3. The first kappa shape index (κ1) is 18.0. The molecule has 11 heteroatoms. The fourth-order valence-electron chi connectivity index (χ4n) is 2.25. The minimum atomic E-state index is -4.69. The van der Waals surface area contributed by atoms with E-state index in [0.717, 1.165) is 6.07 Å². The zero-order chi connectivity index (χ0) is 18.2. The lowest BCUT2D eigenvalue weighted by Crippen LogP contribution is -2.37. The first-order chi connectivity index (χ1) is 11.0. The Kier molecular flexibility index (Phi) is 4.70. The molecule has 2 heterocycles. The van der Waals surface area contributed by atoms with E-state index in [-0.39, 0.29) is 5.82 Å². The van der Waals surface area contributed by atoms with E-state index in [2.05, 4.69) is 10.4 Å². The second-order valence-electron chi connectivity index (χ2n) is 5.15. The van der Waals surface area contributed by atoms with Crippen molar-refractivity contribution >= 4 is 35.2 Å². The molecule has 1 saturated heterocycles. The van der Waals surface area contributed by atoms with Gasteiger partial charge in [0.2, 0.25) is 0 Å². The Morgan fingerprint density at radius 2 is 2.00 bits per heavy atom. The number of aromatic nitrogens is 1. The van der Waals surface area contributed by atoms with Crippen LogP contribution in [0.5, 0.6) is 0 Å². The summed E-state index contributed by atoms with van der Waals surface area (Å²) in [5.41, 5.74) is 1.11. The number of pyridine rings is 1. The summed E-state index contributed by atoms with van der Waals surface area (Å²) in [7, 11) is 0. The van der Waals surface area contributed by atoms with Gasteiger partial charge in [-0.1, -0.05) is 18.5 Å². The molecule has 0 saturated carbocycles. The summed E-state index contributed by atoms with van der Waals surface area (Å²) < 4.78 is 37.8. The smallest absolute Gasteiger partial charge is 0.419 e. The molecule has 0 bridgehead atoms. The van der Waals surface area contributed by atoms with Gasteiger partial charge in [0.25, 0.3) is 11.8 Å². The molecule has 2 unspecified atom stereocenters. The van der Waals surface area contributed by atoms with E-state index in [1.807, 2.05) is 0 Å². The van der Waals surface area contributed by atoms with Crippen molar-refractivity contribution in [2.75, 3.05) is 5.43 Å². The van der Waals surface area contributed by atoms with Crippen LogP contribution in [-0.2, 0) is 20.6 Å². The lowest BCUT2D eigenvalue weighted by atomic mass is 9.94. The first-order valence-electron chi connectivity index (χ1n) is 6.62. The van der Waals surface area contributed by atoms with E-state index < -0.39 is 52.9 Å². The number of carboxylic acid groups (broad SMARTS) is 1. The van der Waals surface area contributed by atoms with Crippen molar-refractivity contribution in [3.8, 4) is 0 Å². The van der Waals surface area contributed by atoms with Crippen molar-refractivity contribution < 1.29 is 32.7 Å². The number of aliphatic carboxylic acids is 1. The molecule has 2 rings (SSSR count). The molecule has 1 aliphatic rings. The number of nitrogens with one attached hydrogen (secondary N) is 1. The van der Waals surface area contributed by atoms with E-state index in [0.29, 0.717) is 11.1 Å². The number of hydrazine groups is 1. The summed E-state index contributed by atoms with van der Waals surface area (Å²) in [5.74, 6) is -4.95. The second kappa shape index (κ2) is 6.27. The molecule has 0 radical (unpaired) electrons. The predicted octanol–water partition coefficient (Wildman–Crippen LogP) is 2.18. The average Bonchev–Trinajstić information content (AvgIpc) is 2.63. The number of nitrogens with zero attached hydrogens (tertiary/aromatic N) is 2. The quantitative estimate of drug-likeness (QED) is 0.626. The molecule has 1 aromatic rings. The van der Waals surface area contributed by atoms with Gasteiger partial charge in [0.15, 0.2) is 0 Å². The Balaban J connectivity index is 2.22. The zero-order valence-corrected chi connectivity index (χ0v) is 12.9. The molecular weight excluding hydrogens is 355 g/mol. The molecule has 0 aliphatic carbocycles. The van der Waals surface area contributed by atoms with Crippen LogP contribution in [0, 0.1) is 11.8 Å². The standard InChI is InChI=1S/C13H11ClF3N3O4/c1-5-6(4-9(21)22)12(24)20(11(5)23)19-8-3-2-7(10(14)18-8)13(15,16)17/h2-3,5-6H,4H2,1H3,(H,18,19)(H,21,22). The van der Waals surface area contributed by atoms with E-state index >= 15 is 0 Å². The molecule has 1 aromatic heterocycles. The Morgan fingerprint density at radius 3 is 2.50 bits per heavy atom. The van der Waals surface area contributed by atoms with Crippen LogP contribution in [0.1, 0.15) is 18.9 Å². The van der Waals surface area contributed by atoms with E-state index in [1.165, 1.54) is 6.92 Å². The van der Waals surface area contributed by atoms with Crippen LogP contribution in [0.2, 0.25) is 5.15 Å². The normalized spacial score (nSPS) is 21.3. The van der Waals surface area contributed by atoms with Gasteiger partial charge in [-0.15, -0.1) is 0 Å². The number of imide groups is 1. The van der Waals surface area contributed by atoms with Crippen molar-refractivity contribution in [3.63, 3.8) is 0 Å². The van der Waals surface area contributed by atoms with Gasteiger partial charge in [0, 0.05) is 5.92 Å². The predicted molar refractivity (Wildman–Crippen MR) is 74.6 cm³/mol. The minimum Gasteiger partial charge on any atom is -0.481 e. The fourth-order valence-corrected chi connectivity index (χ4v) is 2.51. The van der Waals surface area contributed by atoms with Crippen LogP contribution < -0.4 is 5.43 Å². The molecule has 1 fully saturated rings. The Hall–Kier alpha value is -2.36. The zero-order valence-electron chi connectivity index (χ0n) is 12.1. The maximum Gasteiger partial charge on any atom is 0.419 e. The number of carbonyl (C=O) groups is 3. The number of amides is 2. The lowest BCUT2D eigenvalue weighted by Gasteiger charge is -2.17. The molecule has 2 N–H and O–H groups in total. The van der Waals surface area contributed by atoms with Gasteiger partial charge in [0.1, 0.15) is 11.0 Å². The van der Waals surface area contributed by atoms with Crippen molar-refractivity contribution in [1.29, 1.82) is 0 Å². The number of halogens is 4. The lowest BCUT2D eigenvalue weighted by molar-refractivity contribution is -0.143. The highest BCUT2D eigenvalue weighted by molar-refractivity contribution is 6.30. The van der Waals surface area contributed by atoms with Gasteiger partial charge in [0.05, 0.1) is 17.9 Å². The Morgan fingerprint density at radius 1 is 1.38 bits per heavy atom. The third kappa shape index (κ3) is 3.42. The molecular formula is C13H11ClF3N3O4. The van der Waals surface area contributed by atoms with E-state index in [4.69, 9.17) is 16.7 Å². The SMILES string of the molecule is CC1C(=O)N(Nc2ccc(C(F)(F)F)c(Cl)n2)C(=O)C1CC(=O)O. The number of carboxylic acids is 1. The van der Waals surface area contributed by atoms with Gasteiger partial charge in [-0.3, -0.25) is 19.8 Å². The molecule has 1 aliphatic heterocycles. The van der Waals surface area contributed by atoms with Crippen molar-refractivity contribution in [2.24, 2.45) is 11.8 Å². The van der Waals surface area contributed by atoms with Crippen molar-refractivity contribution in [1.82, 2.24) is 9.99 Å². The largest absolute Gasteiger partial charge is 0.481 e. The fraction of sp³-hybridized carbons (Fsp3) is 0.385. The summed E-state index contributed by atoms with van der Waals surface area (Å²) >= 11 is 5.46. The van der Waals surface area contributed by atoms with Crippen LogP contribution in [0.25, 0.3) is 0 Å². The van der Waals surface area contributed by atoms with Gasteiger partial charge in [-0.25, -0.2) is 4.98 Å². The van der Waals surface area contributed by atoms with Gasteiger partial charge in [-0.2, -0.15) is 18.2 Å². The molecule has 2 atom stereocenters. The minimum absolute atomic E-state index is 0.252. The Labute approximate surface area is 138 Å². The van der Waals surface area contributed by atoms with Crippen LogP contribution in [0.15, 0.2) is 12.1 Å². The maximum absolute atomic E-state index is 12.6. The molecule has 0 spiro atoms. The molecule has 24 heavy (non-hydrogen) atoms.